The molecule has 2 aliphatic rings. The van der Waals surface area contributed by atoms with Crippen LogP contribution in [-0.2, 0) is 9.53 Å². The Morgan fingerprint density at radius 3 is 2.59 bits per heavy atom. The number of nitrogens with one attached hydrogen (secondary N) is 2. The molecule has 3 rings (SSSR count). The van der Waals surface area contributed by atoms with Crippen LogP contribution in [0.4, 0.5) is 10.5 Å². The molecule has 1 aliphatic heterocycles. The Bertz CT molecular complexity index is 888. The molecule has 0 spiro atoms. The molecule has 188 valence electrons. The van der Waals surface area contributed by atoms with Gasteiger partial charge in [0.25, 0.3) is 5.91 Å². The molecule has 0 radical (unpaired) electrons. The lowest BCUT2D eigenvalue weighted by Gasteiger charge is -2.36. The number of nitrogens with zero attached hydrogens (tertiary/aromatic N) is 2. The smallest absolute Gasteiger partial charge is 0.319 e. The highest BCUT2D eigenvalue weighted by Crippen LogP contribution is 2.33. The van der Waals surface area contributed by atoms with E-state index in [1.807, 2.05) is 18.7 Å². The second-order valence-corrected chi connectivity index (χ2v) is 9.45. The lowest BCUT2D eigenvalue weighted by molar-refractivity contribution is -0.136. The van der Waals surface area contributed by atoms with Crippen LogP contribution in [0.2, 0.25) is 0 Å². The summed E-state index contributed by atoms with van der Waals surface area (Å²) in [5.74, 6) is 0.473. The van der Waals surface area contributed by atoms with Crippen LogP contribution in [0.25, 0.3) is 0 Å². The van der Waals surface area contributed by atoms with Crippen LogP contribution in [0, 0.1) is 11.8 Å². The number of methoxy groups -OCH3 is 1. The zero-order valence-corrected chi connectivity index (χ0v) is 20.9. The summed E-state index contributed by atoms with van der Waals surface area (Å²) in [6.45, 7) is 7.71. The van der Waals surface area contributed by atoms with E-state index >= 15 is 0 Å². The van der Waals surface area contributed by atoms with E-state index in [1.54, 1.807) is 37.3 Å². The van der Waals surface area contributed by atoms with Gasteiger partial charge in [0.05, 0.1) is 17.7 Å². The van der Waals surface area contributed by atoms with E-state index in [-0.39, 0.29) is 48.4 Å². The molecular weight excluding hydrogens is 436 g/mol. The highest BCUT2D eigenvalue weighted by Gasteiger charge is 2.37. The van der Waals surface area contributed by atoms with E-state index in [0.29, 0.717) is 36.6 Å². The van der Waals surface area contributed by atoms with Crippen molar-refractivity contribution >= 4 is 23.5 Å². The Balaban J connectivity index is 1.90. The summed E-state index contributed by atoms with van der Waals surface area (Å²) in [6.07, 6.45) is 2.47. The number of fused-ring (bicyclic) bond motifs is 1. The molecule has 1 aromatic carbocycles. The van der Waals surface area contributed by atoms with Gasteiger partial charge in [-0.05, 0) is 38.3 Å². The third-order valence-electron chi connectivity index (χ3n) is 6.45. The summed E-state index contributed by atoms with van der Waals surface area (Å²) in [4.78, 5) is 42.0. The largest absolute Gasteiger partial charge is 0.491 e. The van der Waals surface area contributed by atoms with Crippen molar-refractivity contribution in [3.8, 4) is 5.75 Å². The van der Waals surface area contributed by atoms with Crippen LogP contribution in [-0.4, -0.2) is 80.2 Å². The first-order chi connectivity index (χ1) is 16.2. The van der Waals surface area contributed by atoms with Crippen LogP contribution >= 0.6 is 0 Å². The average Bonchev–Trinajstić information content (AvgIpc) is 3.67. The molecular formula is C25H38N4O5. The predicted octanol–water partition coefficient (Wildman–Crippen LogP) is 2.96. The van der Waals surface area contributed by atoms with Crippen LogP contribution in [0.5, 0.6) is 5.75 Å². The van der Waals surface area contributed by atoms with E-state index in [1.165, 1.54) is 0 Å². The zero-order chi connectivity index (χ0) is 24.8. The molecule has 34 heavy (non-hydrogen) atoms. The molecule has 0 bridgehead atoms. The van der Waals surface area contributed by atoms with Gasteiger partial charge in [-0.15, -0.1) is 0 Å². The lowest BCUT2D eigenvalue weighted by Crippen LogP contribution is -2.49. The summed E-state index contributed by atoms with van der Waals surface area (Å²) in [5.41, 5.74) is 0.925. The first-order valence-corrected chi connectivity index (χ1v) is 12.2. The number of carbonyl (C=O) groups excluding carboxylic acids is 3. The monoisotopic (exact) mass is 474 g/mol. The number of urea groups is 1. The van der Waals surface area contributed by atoms with Gasteiger partial charge in [-0.1, -0.05) is 13.8 Å². The molecule has 1 heterocycles. The van der Waals surface area contributed by atoms with Crippen molar-refractivity contribution in [2.75, 3.05) is 45.7 Å². The molecule has 2 N–H and O–H groups in total. The Labute approximate surface area is 202 Å². The van der Waals surface area contributed by atoms with E-state index in [2.05, 4.69) is 17.6 Å². The van der Waals surface area contributed by atoms with Crippen molar-refractivity contribution in [2.45, 2.75) is 52.2 Å². The van der Waals surface area contributed by atoms with Gasteiger partial charge >= 0.3 is 6.03 Å². The van der Waals surface area contributed by atoms with E-state index in [0.717, 1.165) is 19.3 Å². The number of rotatable bonds is 5. The molecule has 1 saturated carbocycles. The minimum Gasteiger partial charge on any atom is -0.491 e. The molecule has 1 fully saturated rings. The molecule has 3 atom stereocenters. The number of benzene rings is 1. The zero-order valence-electron chi connectivity index (χ0n) is 20.9. The van der Waals surface area contributed by atoms with Gasteiger partial charge in [0.2, 0.25) is 5.91 Å². The fourth-order valence-electron chi connectivity index (χ4n) is 4.14. The standard InChI is InChI=1S/C25H38N4O5/c1-6-11-26-25(32)27-19-9-10-20-21(12-19)34-15-17(3)29(23(30)18-7-8-18)13-16(2)22(33-5)14-28(4)24(20)31/h9-10,12,16-18,22H,6-8,11,13-15H2,1-5H3,(H2,26,27,32)/t16-,17+,22-/m1/s1. The molecule has 1 aromatic rings. The number of amides is 4. The lowest BCUT2D eigenvalue weighted by atomic mass is 10.0. The Morgan fingerprint density at radius 2 is 1.94 bits per heavy atom. The molecule has 0 unspecified atom stereocenters. The quantitative estimate of drug-likeness (QED) is 0.684. The molecule has 1 aliphatic carbocycles. The van der Waals surface area contributed by atoms with Gasteiger partial charge in [0.15, 0.2) is 0 Å². The minimum absolute atomic E-state index is 0.0394. The molecule has 0 aromatic heterocycles. The Hall–Kier alpha value is -2.81. The Kier molecular flexibility index (Phi) is 8.77. The molecule has 9 heteroatoms. The maximum atomic E-state index is 13.3. The van der Waals surface area contributed by atoms with Gasteiger partial charge < -0.3 is 29.9 Å². The summed E-state index contributed by atoms with van der Waals surface area (Å²) in [5, 5.41) is 5.55. The van der Waals surface area contributed by atoms with Gasteiger partial charge in [-0.2, -0.15) is 0 Å². The minimum atomic E-state index is -0.315. The normalized spacial score (nSPS) is 23.8. The maximum Gasteiger partial charge on any atom is 0.319 e. The van der Waals surface area contributed by atoms with Gasteiger partial charge in [0, 0.05) is 57.4 Å². The van der Waals surface area contributed by atoms with Crippen molar-refractivity contribution in [1.82, 2.24) is 15.1 Å². The van der Waals surface area contributed by atoms with Crippen molar-refractivity contribution in [3.05, 3.63) is 23.8 Å². The summed E-state index contributed by atoms with van der Waals surface area (Å²) >= 11 is 0. The fraction of sp³-hybridized carbons (Fsp3) is 0.640. The van der Waals surface area contributed by atoms with Gasteiger partial charge in [-0.25, -0.2) is 4.79 Å². The number of anilines is 1. The SMILES string of the molecule is CCCNC(=O)Nc1ccc2c(c1)OC[C@H](C)N(C(=O)C1CC1)C[C@@H](C)[C@H](OC)CN(C)C2=O. The van der Waals surface area contributed by atoms with E-state index < -0.39 is 0 Å². The van der Waals surface area contributed by atoms with Crippen molar-refractivity contribution in [1.29, 1.82) is 0 Å². The number of carbonyl (C=O) groups is 3. The Morgan fingerprint density at radius 1 is 1.21 bits per heavy atom. The third-order valence-corrected chi connectivity index (χ3v) is 6.45. The van der Waals surface area contributed by atoms with E-state index in [4.69, 9.17) is 9.47 Å². The van der Waals surface area contributed by atoms with E-state index in [9.17, 15) is 14.4 Å². The summed E-state index contributed by atoms with van der Waals surface area (Å²) in [6, 6.07) is 4.52. The van der Waals surface area contributed by atoms with Crippen molar-refractivity contribution in [2.24, 2.45) is 11.8 Å². The maximum absolute atomic E-state index is 13.3. The second-order valence-electron chi connectivity index (χ2n) is 9.45. The average molecular weight is 475 g/mol. The first kappa shape index (κ1) is 25.8. The topological polar surface area (TPSA) is 100 Å². The molecule has 4 amide bonds. The van der Waals surface area contributed by atoms with Crippen LogP contribution < -0.4 is 15.4 Å². The number of hydrogen-bond acceptors (Lipinski definition) is 5. The van der Waals surface area contributed by atoms with Crippen LogP contribution in [0.3, 0.4) is 0 Å². The first-order valence-electron chi connectivity index (χ1n) is 12.2. The van der Waals surface area contributed by atoms with Crippen LogP contribution in [0.1, 0.15) is 50.4 Å². The number of likely N-dealkylation sites (N-methyl/N-ethyl adjacent to an activating group) is 1. The number of hydrogen-bond donors (Lipinski definition) is 2. The second kappa shape index (κ2) is 11.6. The highest BCUT2D eigenvalue weighted by atomic mass is 16.5. The molecule has 0 saturated heterocycles. The third kappa shape index (κ3) is 6.40. The number of ether oxygens (including phenoxy) is 2. The fourth-order valence-corrected chi connectivity index (χ4v) is 4.14. The summed E-state index contributed by atoms with van der Waals surface area (Å²) < 4.78 is 11.9. The van der Waals surface area contributed by atoms with Crippen LogP contribution in [0.15, 0.2) is 18.2 Å². The van der Waals surface area contributed by atoms with Crippen molar-refractivity contribution in [3.63, 3.8) is 0 Å². The predicted molar refractivity (Wildman–Crippen MR) is 130 cm³/mol. The van der Waals surface area contributed by atoms with Gasteiger partial charge in [-0.3, -0.25) is 9.59 Å². The van der Waals surface area contributed by atoms with Gasteiger partial charge in [0.1, 0.15) is 12.4 Å². The molecule has 9 nitrogen and oxygen atoms in total. The van der Waals surface area contributed by atoms with Crippen molar-refractivity contribution < 1.29 is 23.9 Å². The summed E-state index contributed by atoms with van der Waals surface area (Å²) in [7, 11) is 3.37. The highest BCUT2D eigenvalue weighted by molar-refractivity contribution is 5.98.